The first-order chi connectivity index (χ1) is 9.13. The zero-order valence-electron chi connectivity index (χ0n) is 10.7. The van der Waals surface area contributed by atoms with Crippen molar-refractivity contribution in [3.05, 3.63) is 42.2 Å². The Hall–Kier alpha value is -2.37. The van der Waals surface area contributed by atoms with Gasteiger partial charge >= 0.3 is 12.0 Å². The molecule has 1 aromatic heterocycles. The van der Waals surface area contributed by atoms with Crippen LogP contribution in [0, 0.1) is 0 Å². The lowest BCUT2D eigenvalue weighted by molar-refractivity contribution is -0.131. The first kappa shape index (κ1) is 14.7. The van der Waals surface area contributed by atoms with Crippen LogP contribution in [0.4, 0.5) is 4.79 Å². The van der Waals surface area contributed by atoms with Crippen LogP contribution in [0.5, 0.6) is 0 Å². The zero-order chi connectivity index (χ0) is 14.1. The second-order valence-corrected chi connectivity index (χ2v) is 3.80. The molecule has 0 saturated heterocycles. The number of aromatic nitrogens is 1. The van der Waals surface area contributed by atoms with E-state index in [2.05, 4.69) is 10.3 Å². The van der Waals surface area contributed by atoms with Crippen LogP contribution in [0.1, 0.15) is 12.5 Å². The molecule has 2 N–H and O–H groups in total. The molecule has 1 aromatic rings. The molecular weight excluding hydrogens is 246 g/mol. The Morgan fingerprint density at radius 2 is 2.11 bits per heavy atom. The second kappa shape index (κ2) is 7.86. The molecule has 0 fully saturated rings. The monoisotopic (exact) mass is 263 g/mol. The number of carbonyl (C=O) groups excluding carboxylic acids is 1. The Bertz CT molecular complexity index is 446. The van der Waals surface area contributed by atoms with Crippen molar-refractivity contribution in [3.63, 3.8) is 0 Å². The Balaban J connectivity index is 2.46. The van der Waals surface area contributed by atoms with E-state index in [1.165, 1.54) is 6.08 Å². The standard InChI is InChI=1S/C13H17N3O3/c1-2-16(10-11-5-8-14-9-6-11)13(19)15-7-3-4-12(17)18/h3-6,8-9H,2,7,10H2,1H3,(H,15,19)(H,17,18)/b4-3+. The van der Waals surface area contributed by atoms with Gasteiger partial charge in [-0.15, -0.1) is 0 Å². The summed E-state index contributed by atoms with van der Waals surface area (Å²) in [6.07, 6.45) is 5.74. The normalized spacial score (nSPS) is 10.4. The Morgan fingerprint density at radius 3 is 2.68 bits per heavy atom. The Labute approximate surface area is 111 Å². The molecule has 0 aromatic carbocycles. The molecule has 19 heavy (non-hydrogen) atoms. The fourth-order valence-electron chi connectivity index (χ4n) is 1.45. The van der Waals surface area contributed by atoms with Crippen LogP contribution in [-0.4, -0.2) is 40.1 Å². The molecule has 0 aliphatic carbocycles. The van der Waals surface area contributed by atoms with E-state index in [1.54, 1.807) is 17.3 Å². The number of carbonyl (C=O) groups is 2. The summed E-state index contributed by atoms with van der Waals surface area (Å²) in [6, 6.07) is 3.47. The molecule has 6 heteroatoms. The summed E-state index contributed by atoms with van der Waals surface area (Å²) in [6.45, 7) is 3.14. The van der Waals surface area contributed by atoms with Gasteiger partial charge in [-0.05, 0) is 24.6 Å². The number of amides is 2. The highest BCUT2D eigenvalue weighted by Crippen LogP contribution is 2.02. The lowest BCUT2D eigenvalue weighted by Gasteiger charge is -2.21. The molecule has 0 aliphatic heterocycles. The van der Waals surface area contributed by atoms with Gasteiger partial charge in [0.05, 0.1) is 0 Å². The van der Waals surface area contributed by atoms with E-state index in [9.17, 15) is 9.59 Å². The van der Waals surface area contributed by atoms with Gasteiger partial charge in [0.2, 0.25) is 0 Å². The van der Waals surface area contributed by atoms with E-state index < -0.39 is 5.97 Å². The van der Waals surface area contributed by atoms with Crippen molar-refractivity contribution >= 4 is 12.0 Å². The highest BCUT2D eigenvalue weighted by Gasteiger charge is 2.10. The lowest BCUT2D eigenvalue weighted by Crippen LogP contribution is -2.39. The van der Waals surface area contributed by atoms with Crippen LogP contribution in [0.3, 0.4) is 0 Å². The van der Waals surface area contributed by atoms with Crippen molar-refractivity contribution in [3.8, 4) is 0 Å². The smallest absolute Gasteiger partial charge is 0.328 e. The fourth-order valence-corrected chi connectivity index (χ4v) is 1.45. The van der Waals surface area contributed by atoms with Gasteiger partial charge in [-0.25, -0.2) is 9.59 Å². The highest BCUT2D eigenvalue weighted by molar-refractivity contribution is 5.80. The van der Waals surface area contributed by atoms with Crippen LogP contribution < -0.4 is 5.32 Å². The maximum Gasteiger partial charge on any atom is 0.328 e. The molecule has 2 amide bonds. The average Bonchev–Trinajstić information content (AvgIpc) is 2.41. The number of carboxylic acid groups (broad SMARTS) is 1. The van der Waals surface area contributed by atoms with Crippen LogP contribution >= 0.6 is 0 Å². The van der Waals surface area contributed by atoms with Gasteiger partial charge in [0.1, 0.15) is 0 Å². The average molecular weight is 263 g/mol. The predicted octanol–water partition coefficient (Wildman–Crippen LogP) is 1.25. The van der Waals surface area contributed by atoms with E-state index in [0.29, 0.717) is 13.1 Å². The van der Waals surface area contributed by atoms with Crippen molar-refractivity contribution in [1.82, 2.24) is 15.2 Å². The molecule has 0 spiro atoms. The number of nitrogens with one attached hydrogen (secondary N) is 1. The molecular formula is C13H17N3O3. The molecule has 1 rings (SSSR count). The number of pyridine rings is 1. The summed E-state index contributed by atoms with van der Waals surface area (Å²) in [7, 11) is 0. The van der Waals surface area contributed by atoms with Gasteiger partial charge in [-0.3, -0.25) is 4.98 Å². The number of nitrogens with zero attached hydrogens (tertiary/aromatic N) is 2. The molecule has 0 unspecified atom stereocenters. The Morgan fingerprint density at radius 1 is 1.42 bits per heavy atom. The molecule has 0 atom stereocenters. The molecule has 102 valence electrons. The van der Waals surface area contributed by atoms with Crippen LogP contribution in [-0.2, 0) is 11.3 Å². The minimum atomic E-state index is -1.03. The first-order valence-electron chi connectivity index (χ1n) is 5.94. The molecule has 1 heterocycles. The third-order valence-electron chi connectivity index (χ3n) is 2.42. The molecule has 0 saturated carbocycles. The molecule has 0 aliphatic rings. The third kappa shape index (κ3) is 5.67. The summed E-state index contributed by atoms with van der Waals surface area (Å²) in [4.78, 5) is 27.6. The number of aliphatic carboxylic acids is 1. The quantitative estimate of drug-likeness (QED) is 0.757. The molecule has 0 radical (unpaired) electrons. The molecule has 0 bridgehead atoms. The van der Waals surface area contributed by atoms with E-state index in [4.69, 9.17) is 5.11 Å². The number of rotatable bonds is 6. The van der Waals surface area contributed by atoms with Crippen molar-refractivity contribution < 1.29 is 14.7 Å². The number of carboxylic acids is 1. The predicted molar refractivity (Wildman–Crippen MR) is 70.5 cm³/mol. The van der Waals surface area contributed by atoms with Gasteiger partial charge in [0.25, 0.3) is 0 Å². The summed E-state index contributed by atoms with van der Waals surface area (Å²) in [5.41, 5.74) is 0.994. The summed E-state index contributed by atoms with van der Waals surface area (Å²) in [5.74, 6) is -1.03. The summed E-state index contributed by atoms with van der Waals surface area (Å²) < 4.78 is 0. The largest absolute Gasteiger partial charge is 0.478 e. The van der Waals surface area contributed by atoms with Crippen LogP contribution in [0.15, 0.2) is 36.7 Å². The minimum Gasteiger partial charge on any atom is -0.478 e. The number of urea groups is 1. The first-order valence-corrected chi connectivity index (χ1v) is 5.94. The van der Waals surface area contributed by atoms with Gasteiger partial charge in [-0.2, -0.15) is 0 Å². The maximum absolute atomic E-state index is 11.8. The van der Waals surface area contributed by atoms with Gasteiger partial charge in [0, 0.05) is 38.1 Å². The van der Waals surface area contributed by atoms with E-state index >= 15 is 0 Å². The van der Waals surface area contributed by atoms with Crippen molar-refractivity contribution in [2.75, 3.05) is 13.1 Å². The summed E-state index contributed by atoms with van der Waals surface area (Å²) >= 11 is 0. The van der Waals surface area contributed by atoms with Crippen molar-refractivity contribution in [2.24, 2.45) is 0 Å². The van der Waals surface area contributed by atoms with Crippen LogP contribution in [0.25, 0.3) is 0 Å². The van der Waals surface area contributed by atoms with Gasteiger partial charge < -0.3 is 15.3 Å². The maximum atomic E-state index is 11.8. The zero-order valence-corrected chi connectivity index (χ0v) is 10.7. The second-order valence-electron chi connectivity index (χ2n) is 3.80. The highest BCUT2D eigenvalue weighted by atomic mass is 16.4. The minimum absolute atomic E-state index is 0.192. The summed E-state index contributed by atoms with van der Waals surface area (Å²) in [5, 5.41) is 11.0. The van der Waals surface area contributed by atoms with Crippen molar-refractivity contribution in [2.45, 2.75) is 13.5 Å². The lowest BCUT2D eigenvalue weighted by atomic mass is 10.2. The third-order valence-corrected chi connectivity index (χ3v) is 2.42. The number of hydrogen-bond acceptors (Lipinski definition) is 3. The Kier molecular flexibility index (Phi) is 6.08. The van der Waals surface area contributed by atoms with Crippen LogP contribution in [0.2, 0.25) is 0 Å². The topological polar surface area (TPSA) is 82.5 Å². The van der Waals surface area contributed by atoms with Crippen molar-refractivity contribution in [1.29, 1.82) is 0 Å². The van der Waals surface area contributed by atoms with E-state index in [0.717, 1.165) is 11.6 Å². The van der Waals surface area contributed by atoms with Gasteiger partial charge in [0.15, 0.2) is 0 Å². The van der Waals surface area contributed by atoms with Gasteiger partial charge in [-0.1, -0.05) is 6.08 Å². The van der Waals surface area contributed by atoms with E-state index in [1.807, 2.05) is 19.1 Å². The SMILES string of the molecule is CCN(Cc1ccncc1)C(=O)NC/C=C/C(=O)O. The van der Waals surface area contributed by atoms with E-state index in [-0.39, 0.29) is 12.6 Å². The number of hydrogen-bond donors (Lipinski definition) is 2. The fraction of sp³-hybridized carbons (Fsp3) is 0.308. The molecule has 6 nitrogen and oxygen atoms in total.